The molecule has 0 spiro atoms. The fraction of sp³-hybridized carbons (Fsp3) is 0.333. The van der Waals surface area contributed by atoms with Crippen molar-refractivity contribution in [3.8, 4) is 0 Å². The number of rotatable bonds is 16. The van der Waals surface area contributed by atoms with Crippen molar-refractivity contribution in [1.82, 2.24) is 9.97 Å². The summed E-state index contributed by atoms with van der Waals surface area (Å²) in [4.78, 5) is 9.58. The van der Waals surface area contributed by atoms with Gasteiger partial charge in [-0.15, -0.1) is 26.3 Å². The van der Waals surface area contributed by atoms with Crippen molar-refractivity contribution in [1.29, 1.82) is 0 Å². The van der Waals surface area contributed by atoms with Crippen LogP contribution in [0.1, 0.15) is 60.1 Å². The van der Waals surface area contributed by atoms with Crippen molar-refractivity contribution in [2.45, 2.75) is 63.1 Å². The average molecular weight is 873 g/mol. The highest BCUT2D eigenvalue weighted by Crippen LogP contribution is 2.53. The molecule has 66 heavy (non-hydrogen) atoms. The number of ether oxygens (including phenoxy) is 2. The smallest absolute Gasteiger partial charge is 0.135 e. The molecule has 6 nitrogen and oxygen atoms in total. The quantitative estimate of drug-likeness (QED) is 0.0551. The van der Waals surface area contributed by atoms with Gasteiger partial charge in [-0.25, -0.2) is 0 Å². The van der Waals surface area contributed by atoms with E-state index in [1.807, 2.05) is 24.5 Å². The number of fused-ring (bicyclic) bond motifs is 10. The van der Waals surface area contributed by atoms with Gasteiger partial charge in [-0.2, -0.15) is 0 Å². The van der Waals surface area contributed by atoms with Crippen LogP contribution in [0.2, 0.25) is 0 Å². The van der Waals surface area contributed by atoms with Gasteiger partial charge in [0.05, 0.1) is 50.4 Å². The average Bonchev–Trinajstić information content (AvgIpc) is 3.38. The molecule has 0 amide bonds. The summed E-state index contributed by atoms with van der Waals surface area (Å²) < 4.78 is 16.0. The second-order valence-corrected chi connectivity index (χ2v) is 20.0. The summed E-state index contributed by atoms with van der Waals surface area (Å²) in [5.41, 5.74) is 7.40. The molecule has 0 unspecified atom stereocenters. The van der Waals surface area contributed by atoms with E-state index in [-0.39, 0.29) is 24.3 Å². The van der Waals surface area contributed by atoms with Crippen LogP contribution in [0.4, 0.5) is 0 Å². The molecule has 6 aliphatic heterocycles. The lowest BCUT2D eigenvalue weighted by atomic mass is 9.70. The zero-order valence-corrected chi connectivity index (χ0v) is 38.4. The molecule has 0 N–H and O–H groups in total. The van der Waals surface area contributed by atoms with Crippen molar-refractivity contribution in [2.24, 2.45) is 23.7 Å². The Balaban J connectivity index is 1.06. The zero-order valence-electron chi connectivity index (χ0n) is 38.4. The first-order valence-electron chi connectivity index (χ1n) is 24.5. The summed E-state index contributed by atoms with van der Waals surface area (Å²) in [6, 6.07) is 40.8. The molecule has 0 aliphatic carbocycles. The minimum atomic E-state index is -0.109. The minimum Gasteiger partial charge on any atom is -0.363 e. The Hall–Kier alpha value is -5.76. The van der Waals surface area contributed by atoms with Crippen molar-refractivity contribution in [3.05, 3.63) is 194 Å². The molecular weight excluding hydrogens is 809 g/mol. The number of hydrogen-bond donors (Lipinski definition) is 0. The van der Waals surface area contributed by atoms with Crippen LogP contribution in [-0.2, 0) is 22.6 Å². The predicted octanol–water partition coefficient (Wildman–Crippen LogP) is 12.8. The van der Waals surface area contributed by atoms with Gasteiger partial charge in [-0.1, -0.05) is 109 Å². The van der Waals surface area contributed by atoms with Gasteiger partial charge in [-0.3, -0.25) is 9.97 Å². The standard InChI is InChI=1S/C60H64N4O2/c1-5-33-65-59(51-25-29-61-55-23-15-13-21-49(51)55)57-35-43-27-31-63(57,37-41(43)7-3)39-53-45-17-9-11-19-47(45)54(48-20-12-10-18-46(48)53)40-64-32-28-44(42(8-4)38-64)36-58(64)60(66-34-6-2)52-26-30-62-56-24-16-14-22-50(52)56/h5-26,29-30,41-44,57-60H,1-4,27-28,31-40H2/q+2/t41-,42-,43-,44-,57-,58-,59+,60+,63-,64-/m0/s1. The monoisotopic (exact) mass is 873 g/mol. The first-order valence-corrected chi connectivity index (χ1v) is 24.5. The normalized spacial score (nSPS) is 27.8. The summed E-state index contributed by atoms with van der Waals surface area (Å²) in [6.07, 6.45) is 16.7. The SMILES string of the molecule is C=CCO[C@H](c1ccnc2ccccc12)[C@@H]1C[C@@H]2CC[N@@+]1(Cc1c3ccccc3c(C[N@@+]34CC[C@@H](C[C@H]3[C@H](OCC=C)c3ccnc5ccccc35)[C@@H](C=C)C4)c3ccccc13)C[C@@H]2C=C. The highest BCUT2D eigenvalue weighted by molar-refractivity contribution is 6.05. The third kappa shape index (κ3) is 7.25. The van der Waals surface area contributed by atoms with E-state index < -0.39 is 0 Å². The highest BCUT2D eigenvalue weighted by atomic mass is 16.5. The molecule has 6 heteroatoms. The molecule has 5 aromatic carbocycles. The molecule has 4 bridgehead atoms. The van der Waals surface area contributed by atoms with Crippen molar-refractivity contribution < 1.29 is 18.4 Å². The summed E-state index contributed by atoms with van der Waals surface area (Å²) in [5, 5.41) is 7.85. The Morgan fingerprint density at radius 3 is 1.27 bits per heavy atom. The van der Waals surface area contributed by atoms with Crippen LogP contribution in [0.3, 0.4) is 0 Å². The number of para-hydroxylation sites is 2. The van der Waals surface area contributed by atoms with Crippen molar-refractivity contribution in [2.75, 3.05) is 39.4 Å². The maximum Gasteiger partial charge on any atom is 0.135 e. The van der Waals surface area contributed by atoms with E-state index in [4.69, 9.17) is 19.4 Å². The third-order valence-electron chi connectivity index (χ3n) is 16.9. The molecule has 10 atom stereocenters. The molecule has 6 fully saturated rings. The summed E-state index contributed by atoms with van der Waals surface area (Å²) in [5.74, 6) is 2.10. The van der Waals surface area contributed by atoms with E-state index in [0.29, 0.717) is 36.9 Å². The molecule has 0 saturated carbocycles. The van der Waals surface area contributed by atoms with Gasteiger partial charge in [0.1, 0.15) is 37.4 Å². The first kappa shape index (κ1) is 42.8. The Labute approximate surface area is 390 Å². The Bertz CT molecular complexity index is 2710. The number of hydrogen-bond acceptors (Lipinski definition) is 4. The Kier molecular flexibility index (Phi) is 11.6. The Morgan fingerprint density at radius 2 is 0.894 bits per heavy atom. The van der Waals surface area contributed by atoms with Gasteiger partial charge in [0.15, 0.2) is 0 Å². The van der Waals surface area contributed by atoms with Gasteiger partial charge >= 0.3 is 0 Å². The summed E-state index contributed by atoms with van der Waals surface area (Å²) in [7, 11) is 0. The second kappa shape index (κ2) is 17.8. The van der Waals surface area contributed by atoms with Crippen LogP contribution in [0.15, 0.2) is 172 Å². The van der Waals surface area contributed by atoms with Crippen LogP contribution < -0.4 is 0 Å². The topological polar surface area (TPSA) is 44.2 Å². The van der Waals surface area contributed by atoms with Gasteiger partial charge in [0, 0.05) is 71.8 Å². The molecule has 13 rings (SSSR count). The fourth-order valence-electron chi connectivity index (χ4n) is 13.9. The number of benzene rings is 5. The highest BCUT2D eigenvalue weighted by Gasteiger charge is 2.57. The van der Waals surface area contributed by atoms with Gasteiger partial charge in [0.25, 0.3) is 0 Å². The maximum absolute atomic E-state index is 7.03. The number of nitrogens with zero attached hydrogens (tertiary/aromatic N) is 4. The molecule has 2 aromatic heterocycles. The van der Waals surface area contributed by atoms with E-state index in [1.54, 1.807) is 0 Å². The number of pyridine rings is 2. The van der Waals surface area contributed by atoms with E-state index in [9.17, 15) is 0 Å². The van der Waals surface area contributed by atoms with E-state index in [0.717, 1.165) is 72.1 Å². The largest absolute Gasteiger partial charge is 0.363 e. The molecule has 8 heterocycles. The first-order chi connectivity index (χ1) is 32.5. The van der Waals surface area contributed by atoms with E-state index in [2.05, 4.69) is 148 Å². The second-order valence-electron chi connectivity index (χ2n) is 20.0. The van der Waals surface area contributed by atoms with E-state index in [1.165, 1.54) is 67.4 Å². The van der Waals surface area contributed by atoms with Crippen molar-refractivity contribution >= 4 is 43.4 Å². The molecule has 334 valence electrons. The van der Waals surface area contributed by atoms with Crippen LogP contribution in [-0.4, -0.2) is 70.4 Å². The third-order valence-corrected chi connectivity index (χ3v) is 16.9. The Morgan fingerprint density at radius 1 is 0.515 bits per heavy atom. The number of quaternary nitrogens is 2. The van der Waals surface area contributed by atoms with Gasteiger partial charge in [0.2, 0.25) is 0 Å². The maximum atomic E-state index is 7.03. The van der Waals surface area contributed by atoms with Crippen LogP contribution in [0, 0.1) is 23.7 Å². The molecule has 6 aliphatic rings. The molecule has 6 saturated heterocycles. The lowest BCUT2D eigenvalue weighted by Gasteiger charge is -2.59. The van der Waals surface area contributed by atoms with Crippen LogP contribution in [0.25, 0.3) is 43.4 Å². The molecule has 0 radical (unpaired) electrons. The fourth-order valence-corrected chi connectivity index (χ4v) is 13.9. The molecular formula is C60H64N4O2+2. The predicted molar refractivity (Wildman–Crippen MR) is 271 cm³/mol. The lowest BCUT2D eigenvalue weighted by molar-refractivity contribution is -0.985. The van der Waals surface area contributed by atoms with Crippen molar-refractivity contribution in [3.63, 3.8) is 0 Å². The zero-order chi connectivity index (χ0) is 44.8. The van der Waals surface area contributed by atoms with Crippen LogP contribution >= 0.6 is 0 Å². The summed E-state index contributed by atoms with van der Waals surface area (Å²) in [6.45, 7) is 24.3. The van der Waals surface area contributed by atoms with Crippen LogP contribution in [0.5, 0.6) is 0 Å². The van der Waals surface area contributed by atoms with E-state index >= 15 is 0 Å². The minimum absolute atomic E-state index is 0.109. The lowest BCUT2D eigenvalue weighted by Crippen LogP contribution is -2.68. The van der Waals surface area contributed by atoms with Gasteiger partial charge in [-0.05, 0) is 68.8 Å². The van der Waals surface area contributed by atoms with Gasteiger partial charge < -0.3 is 18.4 Å². The number of aromatic nitrogens is 2. The molecule has 7 aromatic rings. The number of piperidine rings is 6. The summed E-state index contributed by atoms with van der Waals surface area (Å²) >= 11 is 0.